The zero-order valence-corrected chi connectivity index (χ0v) is 16.1. The van der Waals surface area contributed by atoms with Gasteiger partial charge in [0.05, 0.1) is 0 Å². The van der Waals surface area contributed by atoms with Crippen LogP contribution in [0.3, 0.4) is 0 Å². The van der Waals surface area contributed by atoms with Gasteiger partial charge in [-0.3, -0.25) is 9.59 Å². The number of hydrogen-bond donors (Lipinski definition) is 3. The number of carbonyl (C=O) groups is 2. The number of benzene rings is 1. The molecule has 2 aliphatic rings. The van der Waals surface area contributed by atoms with E-state index in [1.165, 1.54) is 28.4 Å². The van der Waals surface area contributed by atoms with Gasteiger partial charge in [0.25, 0.3) is 11.8 Å². The van der Waals surface area contributed by atoms with E-state index in [9.17, 15) is 14.0 Å². The molecule has 2 heterocycles. The number of nitrogens with one attached hydrogen (secondary N) is 3. The second kappa shape index (κ2) is 9.28. The van der Waals surface area contributed by atoms with E-state index in [0.29, 0.717) is 24.7 Å². The lowest BCUT2D eigenvalue weighted by Gasteiger charge is -2.33. The Labute approximate surface area is 160 Å². The zero-order valence-electron chi connectivity index (χ0n) is 16.1. The summed E-state index contributed by atoms with van der Waals surface area (Å²) in [6.45, 7) is 8.48. The maximum absolute atomic E-state index is 13.2. The molecule has 0 radical (unpaired) electrons. The lowest BCUT2D eigenvalue weighted by Crippen LogP contribution is -3.28. The van der Waals surface area contributed by atoms with E-state index < -0.39 is 0 Å². The highest BCUT2D eigenvalue weighted by Gasteiger charge is 2.29. The molecule has 2 aliphatic heterocycles. The van der Waals surface area contributed by atoms with Crippen LogP contribution < -0.4 is 15.1 Å². The molecule has 2 amide bonds. The second-order valence-electron chi connectivity index (χ2n) is 8.00. The minimum Gasteiger partial charge on any atom is -0.338 e. The fraction of sp³-hybridized carbons (Fsp3) is 0.600. The molecule has 27 heavy (non-hydrogen) atoms. The number of piperazine rings is 1. The van der Waals surface area contributed by atoms with Crippen LogP contribution in [-0.4, -0.2) is 69.1 Å². The standard InChI is InChI=1S/C20H29FN4O2/c1-16-4-3-7-25(13-16)20(27)15-24-10-8-23(9-11-24)14-19(26)22-18-6-2-5-17(21)12-18/h2,5-6,12,16H,3-4,7-11,13-15H2,1H3,(H,22,26)/p+2/t16-/m1/s1. The van der Waals surface area contributed by atoms with E-state index in [-0.39, 0.29) is 17.6 Å². The van der Waals surface area contributed by atoms with Gasteiger partial charge in [0, 0.05) is 18.8 Å². The molecule has 3 rings (SSSR count). The van der Waals surface area contributed by atoms with Crippen LogP contribution in [0.4, 0.5) is 10.1 Å². The summed E-state index contributed by atoms with van der Waals surface area (Å²) in [6, 6.07) is 5.95. The Morgan fingerprint density at radius 1 is 1.19 bits per heavy atom. The van der Waals surface area contributed by atoms with Crippen molar-refractivity contribution in [3.05, 3.63) is 30.1 Å². The summed E-state index contributed by atoms with van der Waals surface area (Å²) in [6.07, 6.45) is 2.33. The van der Waals surface area contributed by atoms with Crippen molar-refractivity contribution in [3.8, 4) is 0 Å². The number of halogens is 1. The molecule has 1 aromatic rings. The topological polar surface area (TPSA) is 58.3 Å². The van der Waals surface area contributed by atoms with Gasteiger partial charge in [-0.1, -0.05) is 13.0 Å². The maximum Gasteiger partial charge on any atom is 0.279 e. The number of carbonyl (C=O) groups excluding carboxylic acids is 2. The van der Waals surface area contributed by atoms with Gasteiger partial charge in [0.2, 0.25) is 0 Å². The van der Waals surface area contributed by atoms with E-state index in [1.807, 2.05) is 4.90 Å². The Morgan fingerprint density at radius 2 is 1.89 bits per heavy atom. The Balaban J connectivity index is 1.38. The van der Waals surface area contributed by atoms with Crippen molar-refractivity contribution in [2.45, 2.75) is 19.8 Å². The molecule has 6 nitrogen and oxygen atoms in total. The quantitative estimate of drug-likeness (QED) is 0.603. The van der Waals surface area contributed by atoms with Gasteiger partial charge in [0.1, 0.15) is 32.0 Å². The second-order valence-corrected chi connectivity index (χ2v) is 8.00. The normalized spacial score (nSPS) is 25.9. The molecule has 0 spiro atoms. The first-order chi connectivity index (χ1) is 13.0. The highest BCUT2D eigenvalue weighted by atomic mass is 19.1. The number of piperidine rings is 1. The first-order valence-electron chi connectivity index (χ1n) is 10.00. The monoisotopic (exact) mass is 378 g/mol. The third-order valence-electron chi connectivity index (χ3n) is 5.59. The number of likely N-dealkylation sites (tertiary alicyclic amines) is 1. The molecule has 1 atom stereocenters. The molecule has 3 N–H and O–H groups in total. The molecular weight excluding hydrogens is 347 g/mol. The summed E-state index contributed by atoms with van der Waals surface area (Å²) in [7, 11) is 0. The van der Waals surface area contributed by atoms with Gasteiger partial charge in [-0.15, -0.1) is 0 Å². The van der Waals surface area contributed by atoms with Gasteiger partial charge in [-0.25, -0.2) is 4.39 Å². The van der Waals surface area contributed by atoms with Crippen LogP contribution >= 0.6 is 0 Å². The largest absolute Gasteiger partial charge is 0.338 e. The van der Waals surface area contributed by atoms with Crippen LogP contribution in [0.5, 0.6) is 0 Å². The smallest absolute Gasteiger partial charge is 0.279 e. The van der Waals surface area contributed by atoms with Crippen LogP contribution in [0.15, 0.2) is 24.3 Å². The summed E-state index contributed by atoms with van der Waals surface area (Å²) in [5, 5.41) is 2.75. The summed E-state index contributed by atoms with van der Waals surface area (Å²) in [4.78, 5) is 29.2. The molecule has 0 aliphatic carbocycles. The van der Waals surface area contributed by atoms with Crippen molar-refractivity contribution in [2.24, 2.45) is 5.92 Å². The summed E-state index contributed by atoms with van der Waals surface area (Å²) < 4.78 is 13.2. The Kier molecular flexibility index (Phi) is 6.79. The lowest BCUT2D eigenvalue weighted by molar-refractivity contribution is -1.00. The molecule has 148 valence electrons. The third kappa shape index (κ3) is 6.01. The molecule has 2 saturated heterocycles. The fourth-order valence-corrected chi connectivity index (χ4v) is 4.05. The number of amides is 2. The van der Waals surface area contributed by atoms with Gasteiger partial charge in [-0.05, 0) is 37.0 Å². The minimum atomic E-state index is -0.356. The lowest BCUT2D eigenvalue weighted by atomic mass is 10.0. The first-order valence-corrected chi connectivity index (χ1v) is 10.00. The molecule has 0 unspecified atom stereocenters. The zero-order chi connectivity index (χ0) is 19.2. The van der Waals surface area contributed by atoms with Crippen molar-refractivity contribution >= 4 is 17.5 Å². The highest BCUT2D eigenvalue weighted by Crippen LogP contribution is 2.14. The average Bonchev–Trinajstić information content (AvgIpc) is 2.63. The van der Waals surface area contributed by atoms with E-state index in [1.54, 1.807) is 12.1 Å². The predicted octanol–water partition coefficient (Wildman–Crippen LogP) is -1.19. The van der Waals surface area contributed by atoms with E-state index in [0.717, 1.165) is 45.7 Å². The third-order valence-corrected chi connectivity index (χ3v) is 5.59. The van der Waals surface area contributed by atoms with Crippen molar-refractivity contribution in [1.82, 2.24) is 4.90 Å². The van der Waals surface area contributed by atoms with E-state index in [2.05, 4.69) is 12.2 Å². The number of nitrogens with zero attached hydrogens (tertiary/aromatic N) is 1. The molecule has 2 fully saturated rings. The Bertz CT molecular complexity index is 661. The van der Waals surface area contributed by atoms with Crippen LogP contribution in [0.2, 0.25) is 0 Å². The van der Waals surface area contributed by atoms with Gasteiger partial charge in [-0.2, -0.15) is 0 Å². The minimum absolute atomic E-state index is 0.0996. The molecular formula is C20H31FN4O2+2. The van der Waals surface area contributed by atoms with Crippen LogP contribution in [0.1, 0.15) is 19.8 Å². The van der Waals surface area contributed by atoms with Crippen molar-refractivity contribution in [2.75, 3.05) is 57.7 Å². The van der Waals surface area contributed by atoms with Crippen LogP contribution in [-0.2, 0) is 9.59 Å². The van der Waals surface area contributed by atoms with E-state index in [4.69, 9.17) is 0 Å². The molecule has 7 heteroatoms. The predicted molar refractivity (Wildman–Crippen MR) is 101 cm³/mol. The highest BCUT2D eigenvalue weighted by molar-refractivity contribution is 5.91. The van der Waals surface area contributed by atoms with Gasteiger partial charge < -0.3 is 20.0 Å². The number of rotatable bonds is 5. The summed E-state index contributed by atoms with van der Waals surface area (Å²) >= 11 is 0. The molecule has 0 aromatic heterocycles. The van der Waals surface area contributed by atoms with Crippen molar-refractivity contribution < 1.29 is 23.8 Å². The van der Waals surface area contributed by atoms with Crippen LogP contribution in [0.25, 0.3) is 0 Å². The molecule has 0 bridgehead atoms. The summed E-state index contributed by atoms with van der Waals surface area (Å²) in [5.41, 5.74) is 0.491. The SMILES string of the molecule is C[C@@H]1CCCN(C(=O)C[NH+]2CC[NH+](CC(=O)Nc3cccc(F)c3)CC2)C1. The fourth-order valence-electron chi connectivity index (χ4n) is 4.05. The van der Waals surface area contributed by atoms with Crippen molar-refractivity contribution in [1.29, 1.82) is 0 Å². The van der Waals surface area contributed by atoms with Gasteiger partial charge >= 0.3 is 0 Å². The van der Waals surface area contributed by atoms with Gasteiger partial charge in [0.15, 0.2) is 13.1 Å². The Hall–Kier alpha value is -1.99. The number of hydrogen-bond acceptors (Lipinski definition) is 2. The van der Waals surface area contributed by atoms with Crippen molar-refractivity contribution in [3.63, 3.8) is 0 Å². The first kappa shape index (κ1) is 19.8. The maximum atomic E-state index is 13.2. The van der Waals surface area contributed by atoms with Crippen LogP contribution in [0, 0.1) is 11.7 Å². The Morgan fingerprint density at radius 3 is 2.56 bits per heavy atom. The number of quaternary nitrogens is 2. The average molecular weight is 378 g/mol. The molecule has 0 saturated carbocycles. The summed E-state index contributed by atoms with van der Waals surface area (Å²) in [5.74, 6) is 0.419. The number of anilines is 1. The molecule has 1 aromatic carbocycles. The van der Waals surface area contributed by atoms with E-state index >= 15 is 0 Å².